The molecule has 0 heterocycles. The zero-order valence-corrected chi connectivity index (χ0v) is 9.47. The fourth-order valence-electron chi connectivity index (χ4n) is 0.894. The number of ether oxygens (including phenoxy) is 2. The van der Waals surface area contributed by atoms with Crippen molar-refractivity contribution in [2.24, 2.45) is 0 Å². The van der Waals surface area contributed by atoms with Crippen LogP contribution in [0.25, 0.3) is 0 Å². The first-order valence-corrected chi connectivity index (χ1v) is 5.18. The van der Waals surface area contributed by atoms with E-state index in [4.69, 9.17) is 4.74 Å². The van der Waals surface area contributed by atoms with Crippen molar-refractivity contribution in [3.05, 3.63) is 24.3 Å². The van der Waals surface area contributed by atoms with E-state index in [0.717, 1.165) is 10.6 Å². The van der Waals surface area contributed by atoms with Crippen LogP contribution in [0.4, 0.5) is 0 Å². The van der Waals surface area contributed by atoms with Gasteiger partial charge in [-0.2, -0.15) is 0 Å². The van der Waals surface area contributed by atoms with Crippen molar-refractivity contribution in [2.45, 2.75) is 4.90 Å². The quantitative estimate of drug-likeness (QED) is 0.609. The standard InChI is InChI=1S/C10H13NO3S/c1-13-8-3-5-9(6-4-8)15-11-7-10(12)14-2/h3-6,11H,7H2,1-2H3. The Bertz CT molecular complexity index is 313. The third-order valence-electron chi connectivity index (χ3n) is 1.69. The van der Waals surface area contributed by atoms with Gasteiger partial charge in [-0.1, -0.05) is 0 Å². The molecule has 15 heavy (non-hydrogen) atoms. The first-order chi connectivity index (χ1) is 7.26. The molecule has 0 aliphatic rings. The second-order valence-corrected chi connectivity index (χ2v) is 3.64. The van der Waals surface area contributed by atoms with Crippen molar-refractivity contribution in [3.8, 4) is 5.75 Å². The highest BCUT2D eigenvalue weighted by atomic mass is 32.2. The van der Waals surface area contributed by atoms with Gasteiger partial charge in [-0.15, -0.1) is 0 Å². The average Bonchev–Trinajstić information content (AvgIpc) is 2.29. The molecule has 0 aliphatic carbocycles. The Kier molecular flexibility index (Phi) is 5.00. The van der Waals surface area contributed by atoms with Crippen LogP contribution < -0.4 is 9.46 Å². The second kappa shape index (κ2) is 6.31. The molecule has 0 atom stereocenters. The van der Waals surface area contributed by atoms with Crippen LogP contribution in [0, 0.1) is 0 Å². The van der Waals surface area contributed by atoms with Gasteiger partial charge in [0.2, 0.25) is 0 Å². The largest absolute Gasteiger partial charge is 0.497 e. The molecule has 0 unspecified atom stereocenters. The number of hydrogen-bond acceptors (Lipinski definition) is 5. The first kappa shape index (κ1) is 11.9. The average molecular weight is 227 g/mol. The lowest BCUT2D eigenvalue weighted by Gasteiger charge is -2.03. The lowest BCUT2D eigenvalue weighted by atomic mass is 10.3. The lowest BCUT2D eigenvalue weighted by Crippen LogP contribution is -2.17. The second-order valence-electron chi connectivity index (χ2n) is 2.67. The molecular formula is C10H13NO3S. The zero-order valence-electron chi connectivity index (χ0n) is 8.65. The third kappa shape index (κ3) is 4.22. The van der Waals surface area contributed by atoms with Gasteiger partial charge in [0.15, 0.2) is 0 Å². The SMILES string of the molecule is COC(=O)CNSc1ccc(OC)cc1. The highest BCUT2D eigenvalue weighted by Gasteiger charge is 1.99. The monoisotopic (exact) mass is 227 g/mol. The Balaban J connectivity index is 2.34. The predicted molar refractivity (Wildman–Crippen MR) is 58.9 cm³/mol. The summed E-state index contributed by atoms with van der Waals surface area (Å²) in [4.78, 5) is 11.8. The van der Waals surface area contributed by atoms with Gasteiger partial charge in [0.05, 0.1) is 14.2 Å². The van der Waals surface area contributed by atoms with E-state index < -0.39 is 0 Å². The van der Waals surface area contributed by atoms with E-state index in [1.165, 1.54) is 19.1 Å². The van der Waals surface area contributed by atoms with Crippen LogP contribution in [-0.2, 0) is 9.53 Å². The molecule has 0 aromatic heterocycles. The van der Waals surface area contributed by atoms with Crippen LogP contribution in [-0.4, -0.2) is 26.7 Å². The number of methoxy groups -OCH3 is 2. The minimum atomic E-state index is -0.281. The van der Waals surface area contributed by atoms with E-state index >= 15 is 0 Å². The molecule has 82 valence electrons. The Morgan fingerprint density at radius 1 is 1.33 bits per heavy atom. The number of hydrogen-bond donors (Lipinski definition) is 1. The summed E-state index contributed by atoms with van der Waals surface area (Å²) in [6, 6.07) is 7.55. The van der Waals surface area contributed by atoms with Crippen molar-refractivity contribution >= 4 is 17.9 Å². The van der Waals surface area contributed by atoms with Crippen LogP contribution >= 0.6 is 11.9 Å². The molecule has 0 saturated carbocycles. The molecule has 1 rings (SSSR count). The molecule has 0 saturated heterocycles. The highest BCUT2D eigenvalue weighted by Crippen LogP contribution is 2.18. The fraction of sp³-hybridized carbons (Fsp3) is 0.300. The molecular weight excluding hydrogens is 214 g/mol. The molecule has 5 heteroatoms. The topological polar surface area (TPSA) is 47.6 Å². The summed E-state index contributed by atoms with van der Waals surface area (Å²) in [6.07, 6.45) is 0. The van der Waals surface area contributed by atoms with Gasteiger partial charge >= 0.3 is 5.97 Å². The molecule has 0 amide bonds. The number of benzene rings is 1. The third-order valence-corrected chi connectivity index (χ3v) is 2.49. The molecule has 0 spiro atoms. The molecule has 0 fully saturated rings. The van der Waals surface area contributed by atoms with E-state index in [0.29, 0.717) is 0 Å². The number of esters is 1. The van der Waals surface area contributed by atoms with E-state index in [1.54, 1.807) is 7.11 Å². The lowest BCUT2D eigenvalue weighted by molar-refractivity contribution is -0.139. The maximum Gasteiger partial charge on any atom is 0.320 e. The van der Waals surface area contributed by atoms with Crippen molar-refractivity contribution in [1.29, 1.82) is 0 Å². The van der Waals surface area contributed by atoms with E-state index in [2.05, 4.69) is 9.46 Å². The summed E-state index contributed by atoms with van der Waals surface area (Å²) >= 11 is 1.38. The molecule has 1 aromatic carbocycles. The number of carbonyl (C=O) groups is 1. The predicted octanol–water partition coefficient (Wildman–Crippen LogP) is 1.46. The van der Waals surface area contributed by atoms with Crippen LogP contribution in [0.2, 0.25) is 0 Å². The highest BCUT2D eigenvalue weighted by molar-refractivity contribution is 7.97. The van der Waals surface area contributed by atoms with Gasteiger partial charge in [-0.25, -0.2) is 4.72 Å². The van der Waals surface area contributed by atoms with Crippen LogP contribution in [0.5, 0.6) is 5.75 Å². The Labute approximate surface area is 93.1 Å². The summed E-state index contributed by atoms with van der Waals surface area (Å²) in [5.74, 6) is 0.531. The van der Waals surface area contributed by atoms with Crippen LogP contribution in [0.3, 0.4) is 0 Å². The first-order valence-electron chi connectivity index (χ1n) is 4.37. The van der Waals surface area contributed by atoms with Gasteiger partial charge in [-0.05, 0) is 36.2 Å². The number of nitrogens with one attached hydrogen (secondary N) is 1. The number of carbonyl (C=O) groups excluding carboxylic acids is 1. The Morgan fingerprint density at radius 2 is 2.00 bits per heavy atom. The molecule has 1 aromatic rings. The molecule has 1 N–H and O–H groups in total. The summed E-state index contributed by atoms with van der Waals surface area (Å²) in [5.41, 5.74) is 0. The molecule has 0 bridgehead atoms. The maximum atomic E-state index is 10.8. The van der Waals surface area contributed by atoms with E-state index in [-0.39, 0.29) is 12.5 Å². The van der Waals surface area contributed by atoms with Gasteiger partial charge < -0.3 is 9.47 Å². The summed E-state index contributed by atoms with van der Waals surface area (Å²) < 4.78 is 12.4. The maximum absolute atomic E-state index is 10.8. The normalized spacial score (nSPS) is 9.73. The van der Waals surface area contributed by atoms with E-state index in [1.807, 2.05) is 24.3 Å². The van der Waals surface area contributed by atoms with Gasteiger partial charge in [0, 0.05) is 4.90 Å². The molecule has 0 aliphatic heterocycles. The molecule has 0 radical (unpaired) electrons. The van der Waals surface area contributed by atoms with Crippen LogP contribution in [0.15, 0.2) is 29.2 Å². The van der Waals surface area contributed by atoms with Gasteiger partial charge in [0.25, 0.3) is 0 Å². The van der Waals surface area contributed by atoms with Crippen molar-refractivity contribution < 1.29 is 14.3 Å². The van der Waals surface area contributed by atoms with Crippen LogP contribution in [0.1, 0.15) is 0 Å². The van der Waals surface area contributed by atoms with Crippen molar-refractivity contribution in [2.75, 3.05) is 20.8 Å². The Morgan fingerprint density at radius 3 is 2.53 bits per heavy atom. The minimum Gasteiger partial charge on any atom is -0.497 e. The zero-order chi connectivity index (χ0) is 11.1. The smallest absolute Gasteiger partial charge is 0.320 e. The van der Waals surface area contributed by atoms with Crippen molar-refractivity contribution in [1.82, 2.24) is 4.72 Å². The summed E-state index contributed by atoms with van der Waals surface area (Å²) in [6.45, 7) is 0.188. The summed E-state index contributed by atoms with van der Waals surface area (Å²) in [7, 11) is 2.99. The van der Waals surface area contributed by atoms with E-state index in [9.17, 15) is 4.79 Å². The number of rotatable bonds is 5. The fourth-order valence-corrected chi connectivity index (χ4v) is 1.52. The van der Waals surface area contributed by atoms with Crippen molar-refractivity contribution in [3.63, 3.8) is 0 Å². The molecule has 4 nitrogen and oxygen atoms in total. The van der Waals surface area contributed by atoms with Gasteiger partial charge in [0.1, 0.15) is 12.3 Å². The van der Waals surface area contributed by atoms with Gasteiger partial charge in [-0.3, -0.25) is 4.79 Å². The minimum absolute atomic E-state index is 0.188. The Hall–Kier alpha value is -1.20. The summed E-state index contributed by atoms with van der Waals surface area (Å²) in [5, 5.41) is 0.